The van der Waals surface area contributed by atoms with Crippen molar-refractivity contribution in [2.45, 2.75) is 6.04 Å². The van der Waals surface area contributed by atoms with Crippen LogP contribution >= 0.6 is 0 Å². The summed E-state index contributed by atoms with van der Waals surface area (Å²) in [5, 5.41) is 8.75. The van der Waals surface area contributed by atoms with Gasteiger partial charge in [0.2, 0.25) is 5.91 Å². The van der Waals surface area contributed by atoms with Gasteiger partial charge in [0.1, 0.15) is 0 Å². The highest BCUT2D eigenvalue weighted by Crippen LogP contribution is 2.10. The Balaban J connectivity index is 2.87. The zero-order valence-electron chi connectivity index (χ0n) is 7.10. The van der Waals surface area contributed by atoms with E-state index in [1.165, 1.54) is 0 Å². The number of hydrogen-bond donors (Lipinski definition) is 3. The summed E-state index contributed by atoms with van der Waals surface area (Å²) >= 11 is 0. The lowest BCUT2D eigenvalue weighted by molar-refractivity contribution is 0.100. The maximum atomic E-state index is 10.7. The molecule has 0 fully saturated rings. The average molecular weight is 180 g/mol. The van der Waals surface area contributed by atoms with E-state index in [0.29, 0.717) is 5.56 Å². The van der Waals surface area contributed by atoms with Crippen LogP contribution in [0.25, 0.3) is 0 Å². The van der Waals surface area contributed by atoms with Crippen LogP contribution in [0.2, 0.25) is 0 Å². The molecule has 0 aliphatic heterocycles. The minimum absolute atomic E-state index is 0.115. The molecule has 4 heteroatoms. The van der Waals surface area contributed by atoms with Gasteiger partial charge in [0.15, 0.2) is 0 Å². The second-order valence-corrected chi connectivity index (χ2v) is 2.78. The first-order valence-electron chi connectivity index (χ1n) is 3.91. The smallest absolute Gasteiger partial charge is 0.248 e. The third-order valence-corrected chi connectivity index (χ3v) is 1.82. The van der Waals surface area contributed by atoms with Gasteiger partial charge in [-0.1, -0.05) is 12.1 Å². The number of hydrogen-bond acceptors (Lipinski definition) is 3. The van der Waals surface area contributed by atoms with E-state index in [9.17, 15) is 4.79 Å². The van der Waals surface area contributed by atoms with E-state index in [0.717, 1.165) is 5.56 Å². The SMILES string of the molecule is NC(=O)c1ccc([C@@H](N)CO)cc1. The van der Waals surface area contributed by atoms with Gasteiger partial charge < -0.3 is 16.6 Å². The quantitative estimate of drug-likeness (QED) is 0.600. The Morgan fingerprint density at radius 1 is 1.38 bits per heavy atom. The molecule has 1 aromatic rings. The predicted molar refractivity (Wildman–Crippen MR) is 49.0 cm³/mol. The van der Waals surface area contributed by atoms with Gasteiger partial charge in [-0.3, -0.25) is 4.79 Å². The van der Waals surface area contributed by atoms with E-state index >= 15 is 0 Å². The van der Waals surface area contributed by atoms with Gasteiger partial charge in [-0.05, 0) is 17.7 Å². The zero-order chi connectivity index (χ0) is 9.84. The van der Waals surface area contributed by atoms with Crippen molar-refractivity contribution < 1.29 is 9.90 Å². The molecule has 1 amide bonds. The molecule has 0 aromatic heterocycles. The molecule has 0 aliphatic rings. The molecule has 70 valence electrons. The summed E-state index contributed by atoms with van der Waals surface area (Å²) in [7, 11) is 0. The third kappa shape index (κ3) is 2.27. The van der Waals surface area contributed by atoms with Crippen LogP contribution < -0.4 is 11.5 Å². The number of carbonyl (C=O) groups excluding carboxylic acids is 1. The summed E-state index contributed by atoms with van der Waals surface area (Å²) in [6, 6.07) is 6.14. The maximum Gasteiger partial charge on any atom is 0.248 e. The number of carbonyl (C=O) groups is 1. The summed E-state index contributed by atoms with van der Waals surface area (Å²) in [5.74, 6) is -0.468. The number of aliphatic hydroxyl groups excluding tert-OH is 1. The minimum Gasteiger partial charge on any atom is -0.394 e. The van der Waals surface area contributed by atoms with Crippen LogP contribution in [-0.2, 0) is 0 Å². The molecule has 0 aliphatic carbocycles. The summed E-state index contributed by atoms with van der Waals surface area (Å²) in [5.41, 5.74) is 11.8. The molecule has 0 saturated heterocycles. The molecule has 0 saturated carbocycles. The Bertz CT molecular complexity index is 295. The van der Waals surface area contributed by atoms with Gasteiger partial charge in [0, 0.05) is 5.56 Å². The van der Waals surface area contributed by atoms with Gasteiger partial charge in [-0.15, -0.1) is 0 Å². The molecule has 0 spiro atoms. The van der Waals surface area contributed by atoms with Crippen LogP contribution in [0, 0.1) is 0 Å². The molecular formula is C9H12N2O2. The normalized spacial score (nSPS) is 12.5. The van der Waals surface area contributed by atoms with Crippen molar-refractivity contribution in [1.82, 2.24) is 0 Å². The Morgan fingerprint density at radius 2 is 1.92 bits per heavy atom. The number of nitrogens with two attached hydrogens (primary N) is 2. The highest BCUT2D eigenvalue weighted by molar-refractivity contribution is 5.92. The van der Waals surface area contributed by atoms with Gasteiger partial charge in [-0.2, -0.15) is 0 Å². The Hall–Kier alpha value is -1.39. The van der Waals surface area contributed by atoms with Gasteiger partial charge >= 0.3 is 0 Å². The molecule has 1 rings (SSSR count). The highest BCUT2D eigenvalue weighted by atomic mass is 16.3. The van der Waals surface area contributed by atoms with Crippen LogP contribution in [0.4, 0.5) is 0 Å². The van der Waals surface area contributed by atoms with Crippen molar-refractivity contribution in [3.63, 3.8) is 0 Å². The first kappa shape index (κ1) is 9.70. The number of aliphatic hydroxyl groups is 1. The monoisotopic (exact) mass is 180 g/mol. The van der Waals surface area contributed by atoms with E-state index in [1.54, 1.807) is 24.3 Å². The van der Waals surface area contributed by atoms with Gasteiger partial charge in [-0.25, -0.2) is 0 Å². The van der Waals surface area contributed by atoms with Gasteiger partial charge in [0.25, 0.3) is 0 Å². The van der Waals surface area contributed by atoms with Crippen molar-refractivity contribution in [1.29, 1.82) is 0 Å². The van der Waals surface area contributed by atoms with E-state index in [2.05, 4.69) is 0 Å². The Kier molecular flexibility index (Phi) is 3.00. The molecule has 0 bridgehead atoms. The fourth-order valence-electron chi connectivity index (χ4n) is 1.000. The van der Waals surface area contributed by atoms with Crippen molar-refractivity contribution in [3.05, 3.63) is 35.4 Å². The molecule has 1 atom stereocenters. The average Bonchev–Trinajstić information content (AvgIpc) is 2.17. The summed E-state index contributed by atoms with van der Waals surface area (Å²) in [4.78, 5) is 10.7. The van der Waals surface area contributed by atoms with Crippen molar-refractivity contribution in [2.75, 3.05) is 6.61 Å². The fraction of sp³-hybridized carbons (Fsp3) is 0.222. The lowest BCUT2D eigenvalue weighted by Crippen LogP contribution is -2.15. The van der Waals surface area contributed by atoms with Crippen molar-refractivity contribution in [2.24, 2.45) is 11.5 Å². The number of rotatable bonds is 3. The standard InChI is InChI=1S/C9H12N2O2/c10-8(5-12)6-1-3-7(4-2-6)9(11)13/h1-4,8,12H,5,10H2,(H2,11,13)/t8-/m0/s1. The minimum atomic E-state index is -0.468. The molecule has 5 N–H and O–H groups in total. The van der Waals surface area contributed by atoms with Gasteiger partial charge in [0.05, 0.1) is 12.6 Å². The van der Waals surface area contributed by atoms with Crippen LogP contribution in [0.15, 0.2) is 24.3 Å². The summed E-state index contributed by atoms with van der Waals surface area (Å²) in [6.07, 6.45) is 0. The van der Waals surface area contributed by atoms with E-state index < -0.39 is 11.9 Å². The van der Waals surface area contributed by atoms with E-state index in [-0.39, 0.29) is 6.61 Å². The summed E-state index contributed by atoms with van der Waals surface area (Å²) < 4.78 is 0. The largest absolute Gasteiger partial charge is 0.394 e. The Labute approximate surface area is 76.2 Å². The predicted octanol–water partition coefficient (Wildman–Crippen LogP) is -0.222. The molecule has 0 unspecified atom stereocenters. The van der Waals surface area contributed by atoms with Crippen molar-refractivity contribution >= 4 is 5.91 Å². The fourth-order valence-corrected chi connectivity index (χ4v) is 1.000. The van der Waals surface area contributed by atoms with E-state index in [1.807, 2.05) is 0 Å². The molecule has 4 nitrogen and oxygen atoms in total. The molecule has 13 heavy (non-hydrogen) atoms. The summed E-state index contributed by atoms with van der Waals surface area (Å²) in [6.45, 7) is -0.115. The van der Waals surface area contributed by atoms with E-state index in [4.69, 9.17) is 16.6 Å². The second-order valence-electron chi connectivity index (χ2n) is 2.78. The molecule has 0 heterocycles. The third-order valence-electron chi connectivity index (χ3n) is 1.82. The lowest BCUT2D eigenvalue weighted by Gasteiger charge is -2.07. The van der Waals surface area contributed by atoms with Crippen LogP contribution in [0.1, 0.15) is 22.0 Å². The second kappa shape index (κ2) is 4.02. The number of primary amides is 1. The molecule has 1 aromatic carbocycles. The van der Waals surface area contributed by atoms with Crippen LogP contribution in [-0.4, -0.2) is 17.6 Å². The number of benzene rings is 1. The topological polar surface area (TPSA) is 89.3 Å². The number of amides is 1. The Morgan fingerprint density at radius 3 is 2.31 bits per heavy atom. The first-order valence-corrected chi connectivity index (χ1v) is 3.91. The highest BCUT2D eigenvalue weighted by Gasteiger charge is 2.04. The first-order chi connectivity index (χ1) is 6.15. The van der Waals surface area contributed by atoms with Crippen LogP contribution in [0.5, 0.6) is 0 Å². The zero-order valence-corrected chi connectivity index (χ0v) is 7.10. The molecular weight excluding hydrogens is 168 g/mol. The van der Waals surface area contributed by atoms with Crippen LogP contribution in [0.3, 0.4) is 0 Å². The maximum absolute atomic E-state index is 10.7. The lowest BCUT2D eigenvalue weighted by atomic mass is 10.1. The molecule has 0 radical (unpaired) electrons. The van der Waals surface area contributed by atoms with Crippen molar-refractivity contribution in [3.8, 4) is 0 Å².